The first-order valence-corrected chi connectivity index (χ1v) is 8.60. The van der Waals surface area contributed by atoms with Crippen LogP contribution in [0.4, 0.5) is 5.82 Å². The van der Waals surface area contributed by atoms with E-state index in [9.17, 15) is 0 Å². The van der Waals surface area contributed by atoms with Gasteiger partial charge in [0.15, 0.2) is 0 Å². The van der Waals surface area contributed by atoms with Crippen LogP contribution in [0.25, 0.3) is 5.78 Å². The monoisotopic (exact) mass is 326 g/mol. The van der Waals surface area contributed by atoms with Gasteiger partial charge in [-0.05, 0) is 25.2 Å². The zero-order chi connectivity index (χ0) is 16.4. The van der Waals surface area contributed by atoms with E-state index in [4.69, 9.17) is 0 Å². The quantitative estimate of drug-likeness (QED) is 0.708. The fourth-order valence-corrected chi connectivity index (χ4v) is 3.47. The summed E-state index contributed by atoms with van der Waals surface area (Å²) >= 11 is 0. The van der Waals surface area contributed by atoms with Crippen molar-refractivity contribution < 1.29 is 0 Å². The summed E-state index contributed by atoms with van der Waals surface area (Å²) in [4.78, 5) is 15.3. The molecule has 0 aromatic carbocycles. The molecule has 4 rings (SSSR count). The van der Waals surface area contributed by atoms with E-state index < -0.39 is 0 Å². The Bertz CT molecular complexity index is 794. The molecule has 1 fully saturated rings. The topological polar surface area (TPSA) is 77.0 Å². The molecule has 0 N–H and O–H groups in total. The molecule has 24 heavy (non-hydrogen) atoms. The molecule has 0 bridgehead atoms. The largest absolute Gasteiger partial charge is 0.356 e. The number of aryl methyl sites for hydroxylation is 1. The summed E-state index contributed by atoms with van der Waals surface area (Å²) in [7, 11) is 0. The van der Waals surface area contributed by atoms with E-state index in [-0.39, 0.29) is 0 Å². The van der Waals surface area contributed by atoms with Gasteiger partial charge in [-0.1, -0.05) is 13.3 Å². The van der Waals surface area contributed by atoms with Crippen molar-refractivity contribution in [3.63, 3.8) is 0 Å². The van der Waals surface area contributed by atoms with Gasteiger partial charge < -0.3 is 4.90 Å². The highest BCUT2D eigenvalue weighted by atomic mass is 15.4. The molecule has 8 nitrogen and oxygen atoms in total. The summed E-state index contributed by atoms with van der Waals surface area (Å²) in [6.07, 6.45) is 9.39. The Morgan fingerprint density at radius 2 is 2.21 bits per heavy atom. The third-order valence-corrected chi connectivity index (χ3v) is 4.55. The number of nitrogens with zero attached hydrogens (tertiary/aromatic N) is 8. The minimum absolute atomic E-state index is 0.557. The number of aromatic nitrogens is 7. The minimum atomic E-state index is 0.557. The van der Waals surface area contributed by atoms with Crippen molar-refractivity contribution in [2.24, 2.45) is 5.92 Å². The zero-order valence-corrected chi connectivity index (χ0v) is 13.9. The lowest BCUT2D eigenvalue weighted by Gasteiger charge is -2.34. The van der Waals surface area contributed by atoms with Gasteiger partial charge in [0.25, 0.3) is 5.78 Å². The Kier molecular flexibility index (Phi) is 4.10. The van der Waals surface area contributed by atoms with Crippen molar-refractivity contribution in [3.8, 4) is 0 Å². The van der Waals surface area contributed by atoms with Crippen LogP contribution in [0, 0.1) is 5.92 Å². The van der Waals surface area contributed by atoms with Crippen LogP contribution in [0.3, 0.4) is 0 Å². The summed E-state index contributed by atoms with van der Waals surface area (Å²) in [5.41, 5.74) is 1.09. The molecule has 1 aliphatic rings. The number of hydrogen-bond acceptors (Lipinski definition) is 6. The van der Waals surface area contributed by atoms with Crippen LogP contribution in [0.2, 0.25) is 0 Å². The van der Waals surface area contributed by atoms with Gasteiger partial charge in [0.2, 0.25) is 0 Å². The average Bonchev–Trinajstić information content (AvgIpc) is 3.26. The maximum atomic E-state index is 4.60. The third kappa shape index (κ3) is 2.95. The van der Waals surface area contributed by atoms with E-state index in [0.717, 1.165) is 44.0 Å². The van der Waals surface area contributed by atoms with Crippen LogP contribution < -0.4 is 4.90 Å². The molecule has 126 valence electrons. The molecular weight excluding hydrogens is 304 g/mol. The maximum Gasteiger partial charge on any atom is 0.254 e. The van der Waals surface area contributed by atoms with Gasteiger partial charge in [0.1, 0.15) is 24.8 Å². The van der Waals surface area contributed by atoms with E-state index >= 15 is 0 Å². The van der Waals surface area contributed by atoms with E-state index in [0.29, 0.717) is 11.7 Å². The standard InChI is InChI=1S/C16H22N8/c1-2-4-14-7-15(24-16(21-14)18-11-20-24)22-6-3-5-13(8-22)9-23-12-17-10-19-23/h7,10-13H,2-6,8-9H2,1H3. The average molecular weight is 326 g/mol. The molecule has 0 radical (unpaired) electrons. The summed E-state index contributed by atoms with van der Waals surface area (Å²) in [6.45, 7) is 5.11. The van der Waals surface area contributed by atoms with E-state index in [1.807, 2.05) is 9.20 Å². The molecule has 1 aliphatic heterocycles. The Balaban J connectivity index is 1.60. The van der Waals surface area contributed by atoms with Gasteiger partial charge in [0, 0.05) is 31.4 Å². The fourth-order valence-electron chi connectivity index (χ4n) is 3.47. The molecule has 1 unspecified atom stereocenters. The first-order valence-electron chi connectivity index (χ1n) is 8.60. The van der Waals surface area contributed by atoms with Crippen LogP contribution in [0.5, 0.6) is 0 Å². The van der Waals surface area contributed by atoms with Crippen LogP contribution in [0.1, 0.15) is 31.9 Å². The normalized spacial score (nSPS) is 18.4. The predicted molar refractivity (Wildman–Crippen MR) is 89.7 cm³/mol. The Morgan fingerprint density at radius 1 is 1.25 bits per heavy atom. The second kappa shape index (κ2) is 6.54. The Labute approximate surface area is 140 Å². The van der Waals surface area contributed by atoms with Crippen molar-refractivity contribution >= 4 is 11.6 Å². The summed E-state index contributed by atoms with van der Waals surface area (Å²) in [5.74, 6) is 2.35. The predicted octanol–water partition coefficient (Wildman–Crippen LogP) is 1.58. The molecule has 8 heteroatoms. The lowest BCUT2D eigenvalue weighted by atomic mass is 9.98. The van der Waals surface area contributed by atoms with Crippen LogP contribution >= 0.6 is 0 Å². The molecule has 0 amide bonds. The van der Waals surface area contributed by atoms with Gasteiger partial charge in [-0.15, -0.1) is 0 Å². The molecular formula is C16H22N8. The molecule has 1 atom stereocenters. The highest BCUT2D eigenvalue weighted by Crippen LogP contribution is 2.25. The van der Waals surface area contributed by atoms with Crippen molar-refractivity contribution in [2.45, 2.75) is 39.2 Å². The maximum absolute atomic E-state index is 4.60. The van der Waals surface area contributed by atoms with Crippen molar-refractivity contribution in [1.82, 2.24) is 34.3 Å². The molecule has 0 saturated carbocycles. The van der Waals surface area contributed by atoms with Gasteiger partial charge in [-0.3, -0.25) is 4.68 Å². The summed E-state index contributed by atoms with van der Waals surface area (Å²) in [5, 5.41) is 8.61. The first-order chi connectivity index (χ1) is 11.8. The molecule has 4 heterocycles. The van der Waals surface area contributed by atoms with Crippen molar-refractivity contribution in [2.75, 3.05) is 18.0 Å². The van der Waals surface area contributed by atoms with Gasteiger partial charge in [-0.25, -0.2) is 9.97 Å². The van der Waals surface area contributed by atoms with Gasteiger partial charge in [-0.2, -0.15) is 19.7 Å². The molecule has 1 saturated heterocycles. The highest BCUT2D eigenvalue weighted by Gasteiger charge is 2.23. The summed E-state index contributed by atoms with van der Waals surface area (Å²) < 4.78 is 3.78. The number of anilines is 1. The lowest BCUT2D eigenvalue weighted by molar-refractivity contribution is 0.349. The Morgan fingerprint density at radius 3 is 3.04 bits per heavy atom. The van der Waals surface area contributed by atoms with Crippen molar-refractivity contribution in [1.29, 1.82) is 0 Å². The Hall–Kier alpha value is -2.51. The second-order valence-corrected chi connectivity index (χ2v) is 6.40. The number of hydrogen-bond donors (Lipinski definition) is 0. The fraction of sp³-hybridized carbons (Fsp3) is 0.562. The van der Waals surface area contributed by atoms with Gasteiger partial charge >= 0.3 is 0 Å². The third-order valence-electron chi connectivity index (χ3n) is 4.55. The highest BCUT2D eigenvalue weighted by molar-refractivity contribution is 5.47. The minimum Gasteiger partial charge on any atom is -0.356 e. The van der Waals surface area contributed by atoms with E-state index in [1.165, 1.54) is 12.8 Å². The molecule has 3 aromatic heterocycles. The summed E-state index contributed by atoms with van der Waals surface area (Å²) in [6, 6.07) is 2.17. The lowest BCUT2D eigenvalue weighted by Crippen LogP contribution is -2.38. The number of rotatable bonds is 5. The van der Waals surface area contributed by atoms with Crippen LogP contribution in [-0.4, -0.2) is 47.4 Å². The number of piperidine rings is 1. The first kappa shape index (κ1) is 15.0. The van der Waals surface area contributed by atoms with Crippen molar-refractivity contribution in [3.05, 3.63) is 30.7 Å². The van der Waals surface area contributed by atoms with Crippen LogP contribution in [0.15, 0.2) is 25.0 Å². The number of fused-ring (bicyclic) bond motifs is 1. The van der Waals surface area contributed by atoms with E-state index in [2.05, 4.69) is 43.0 Å². The molecule has 0 spiro atoms. The second-order valence-electron chi connectivity index (χ2n) is 6.40. The van der Waals surface area contributed by atoms with Crippen LogP contribution in [-0.2, 0) is 13.0 Å². The van der Waals surface area contributed by atoms with E-state index in [1.54, 1.807) is 19.0 Å². The molecule has 0 aliphatic carbocycles. The SMILES string of the molecule is CCCc1cc(N2CCCC(Cn3cncn3)C2)n2ncnc2n1. The van der Waals surface area contributed by atoms with Gasteiger partial charge in [0.05, 0.1) is 0 Å². The zero-order valence-electron chi connectivity index (χ0n) is 13.9. The smallest absolute Gasteiger partial charge is 0.254 e. The molecule has 3 aromatic rings.